The summed E-state index contributed by atoms with van der Waals surface area (Å²) in [5.41, 5.74) is -1.74. The molecule has 0 saturated carbocycles. The predicted molar refractivity (Wildman–Crippen MR) is 56.4 cm³/mol. The molecule has 0 fully saturated rings. The van der Waals surface area contributed by atoms with Crippen LogP contribution in [0.1, 0.15) is 47.4 Å². The summed E-state index contributed by atoms with van der Waals surface area (Å²) in [6, 6.07) is 0. The second-order valence-electron chi connectivity index (χ2n) is 4.36. The Labute approximate surface area is 101 Å². The highest BCUT2D eigenvalue weighted by Gasteiger charge is 2.41. The van der Waals surface area contributed by atoms with Gasteiger partial charge in [-0.3, -0.25) is 4.68 Å². The molecule has 1 aliphatic heterocycles. The molecular weight excluding hydrogens is 249 g/mol. The van der Waals surface area contributed by atoms with Crippen LogP contribution in [0.15, 0.2) is 0 Å². The van der Waals surface area contributed by atoms with Gasteiger partial charge in [0.2, 0.25) is 0 Å². The first kappa shape index (κ1) is 12.9. The number of alkyl halides is 3. The highest BCUT2D eigenvalue weighted by molar-refractivity contribution is 5.90. The minimum Gasteiger partial charge on any atom is -0.478 e. The normalized spacial score (nSPS) is 16.8. The predicted octanol–water partition coefficient (Wildman–Crippen LogP) is 2.72. The molecule has 2 heterocycles. The Morgan fingerprint density at radius 3 is 2.50 bits per heavy atom. The highest BCUT2D eigenvalue weighted by atomic mass is 19.4. The number of fused-ring (bicyclic) bond motifs is 1. The summed E-state index contributed by atoms with van der Waals surface area (Å²) in [6.07, 6.45) is -1.12. The van der Waals surface area contributed by atoms with Gasteiger partial charge in [0.25, 0.3) is 0 Å². The number of nitrogens with zero attached hydrogens (tertiary/aromatic N) is 2. The van der Waals surface area contributed by atoms with Crippen molar-refractivity contribution < 1.29 is 23.1 Å². The Bertz CT molecular complexity index is 466. The third-order valence-electron chi connectivity index (χ3n) is 3.07. The van der Waals surface area contributed by atoms with Crippen molar-refractivity contribution >= 4 is 5.97 Å². The lowest BCUT2D eigenvalue weighted by molar-refractivity contribution is -0.142. The van der Waals surface area contributed by atoms with Crippen LogP contribution < -0.4 is 0 Å². The maximum Gasteiger partial charge on any atom is 0.436 e. The summed E-state index contributed by atoms with van der Waals surface area (Å²) in [7, 11) is 0. The quantitative estimate of drug-likeness (QED) is 0.846. The number of halogens is 3. The summed E-state index contributed by atoms with van der Waals surface area (Å²) in [5.74, 6) is -1.55. The molecule has 0 aromatic carbocycles. The zero-order valence-corrected chi connectivity index (χ0v) is 9.63. The van der Waals surface area contributed by atoms with E-state index in [2.05, 4.69) is 5.10 Å². The minimum atomic E-state index is -4.72. The molecule has 1 aliphatic rings. The van der Waals surface area contributed by atoms with E-state index in [-0.39, 0.29) is 5.69 Å². The molecule has 1 aromatic rings. The van der Waals surface area contributed by atoms with Gasteiger partial charge in [-0.15, -0.1) is 0 Å². The van der Waals surface area contributed by atoms with Gasteiger partial charge < -0.3 is 5.11 Å². The summed E-state index contributed by atoms with van der Waals surface area (Å²) in [6.45, 7) is 0.353. The van der Waals surface area contributed by atoms with Gasteiger partial charge in [-0.05, 0) is 19.3 Å². The molecule has 18 heavy (non-hydrogen) atoms. The Hall–Kier alpha value is -1.53. The molecule has 0 unspecified atom stereocenters. The molecule has 1 N–H and O–H groups in total. The van der Waals surface area contributed by atoms with Crippen molar-refractivity contribution in [3.8, 4) is 0 Å². The number of carbonyl (C=O) groups is 1. The molecule has 4 nitrogen and oxygen atoms in total. The van der Waals surface area contributed by atoms with Gasteiger partial charge in [-0.2, -0.15) is 18.3 Å². The monoisotopic (exact) mass is 262 g/mol. The fourth-order valence-corrected chi connectivity index (χ4v) is 2.27. The third-order valence-corrected chi connectivity index (χ3v) is 3.07. The van der Waals surface area contributed by atoms with Crippen molar-refractivity contribution in [3.63, 3.8) is 0 Å². The van der Waals surface area contributed by atoms with Gasteiger partial charge in [-0.1, -0.05) is 12.8 Å². The van der Waals surface area contributed by atoms with Crippen molar-refractivity contribution in [1.29, 1.82) is 0 Å². The summed E-state index contributed by atoms with van der Waals surface area (Å²) in [4.78, 5) is 11.0. The molecule has 0 atom stereocenters. The number of carboxylic acid groups (broad SMARTS) is 1. The molecule has 0 spiro atoms. The maximum atomic E-state index is 12.8. The van der Waals surface area contributed by atoms with Crippen molar-refractivity contribution in [2.45, 2.75) is 44.8 Å². The fourth-order valence-electron chi connectivity index (χ4n) is 2.27. The lowest BCUT2D eigenvalue weighted by Gasteiger charge is -2.11. The number of hydrogen-bond acceptors (Lipinski definition) is 2. The van der Waals surface area contributed by atoms with E-state index in [1.807, 2.05) is 0 Å². The van der Waals surface area contributed by atoms with E-state index in [9.17, 15) is 18.0 Å². The standard InChI is InChI=1S/C11H13F3N2O2/c12-11(13,14)9-8(10(17)18)7-5-3-1-2-4-6-16(7)15-9/h1-6H2,(H,17,18). The van der Waals surface area contributed by atoms with Gasteiger partial charge >= 0.3 is 12.1 Å². The molecule has 0 aliphatic carbocycles. The van der Waals surface area contributed by atoms with Crippen molar-refractivity contribution in [1.82, 2.24) is 9.78 Å². The molecule has 7 heteroatoms. The topological polar surface area (TPSA) is 55.1 Å². The second kappa shape index (κ2) is 4.62. The zero-order valence-electron chi connectivity index (χ0n) is 9.63. The van der Waals surface area contributed by atoms with Crippen molar-refractivity contribution in [3.05, 3.63) is 17.0 Å². The van der Waals surface area contributed by atoms with Crippen LogP contribution in [0.2, 0.25) is 0 Å². The van der Waals surface area contributed by atoms with E-state index in [4.69, 9.17) is 5.11 Å². The van der Waals surface area contributed by atoms with Crippen LogP contribution in [0, 0.1) is 0 Å². The van der Waals surface area contributed by atoms with Crippen LogP contribution in [0.5, 0.6) is 0 Å². The number of hydrogen-bond donors (Lipinski definition) is 1. The molecular formula is C11H13F3N2O2. The minimum absolute atomic E-state index is 0.203. The SMILES string of the molecule is O=C(O)c1c(C(F)(F)F)nn2c1CCCCCC2. The van der Waals surface area contributed by atoms with E-state index >= 15 is 0 Å². The van der Waals surface area contributed by atoms with Crippen LogP contribution in [-0.2, 0) is 19.1 Å². The van der Waals surface area contributed by atoms with E-state index in [1.165, 1.54) is 4.68 Å². The first-order valence-corrected chi connectivity index (χ1v) is 5.81. The number of aromatic carboxylic acids is 1. The second-order valence-corrected chi connectivity index (χ2v) is 4.36. The van der Waals surface area contributed by atoms with Crippen molar-refractivity contribution in [2.75, 3.05) is 0 Å². The number of aryl methyl sites for hydroxylation is 1. The molecule has 0 bridgehead atoms. The number of rotatable bonds is 1. The Balaban J connectivity index is 2.55. The lowest BCUT2D eigenvalue weighted by Crippen LogP contribution is -2.13. The van der Waals surface area contributed by atoms with Gasteiger partial charge in [0.15, 0.2) is 5.69 Å². The van der Waals surface area contributed by atoms with E-state index in [0.717, 1.165) is 19.3 Å². The first-order valence-electron chi connectivity index (χ1n) is 5.81. The van der Waals surface area contributed by atoms with Gasteiger partial charge in [-0.25, -0.2) is 4.79 Å². The van der Waals surface area contributed by atoms with Crippen LogP contribution in [-0.4, -0.2) is 20.9 Å². The average Bonchev–Trinajstić information content (AvgIpc) is 2.55. The molecule has 0 saturated heterocycles. The third kappa shape index (κ3) is 2.34. The van der Waals surface area contributed by atoms with E-state index < -0.39 is 23.4 Å². The van der Waals surface area contributed by atoms with Crippen LogP contribution in [0.25, 0.3) is 0 Å². The lowest BCUT2D eigenvalue weighted by atomic mass is 10.0. The summed E-state index contributed by atoms with van der Waals surface area (Å²) in [5, 5.41) is 12.4. The van der Waals surface area contributed by atoms with E-state index in [0.29, 0.717) is 19.4 Å². The highest BCUT2D eigenvalue weighted by Crippen LogP contribution is 2.33. The number of aromatic nitrogens is 2. The number of carboxylic acids is 1. The van der Waals surface area contributed by atoms with Crippen LogP contribution >= 0.6 is 0 Å². The molecule has 100 valence electrons. The van der Waals surface area contributed by atoms with E-state index in [1.54, 1.807) is 0 Å². The van der Waals surface area contributed by atoms with Crippen LogP contribution in [0.3, 0.4) is 0 Å². The maximum absolute atomic E-state index is 12.8. The largest absolute Gasteiger partial charge is 0.478 e. The summed E-state index contributed by atoms with van der Waals surface area (Å²) >= 11 is 0. The average molecular weight is 262 g/mol. The van der Waals surface area contributed by atoms with Gasteiger partial charge in [0, 0.05) is 6.54 Å². The Kier molecular flexibility index (Phi) is 3.32. The van der Waals surface area contributed by atoms with Crippen LogP contribution in [0.4, 0.5) is 13.2 Å². The zero-order chi connectivity index (χ0) is 13.3. The van der Waals surface area contributed by atoms with Crippen molar-refractivity contribution in [2.24, 2.45) is 0 Å². The fraction of sp³-hybridized carbons (Fsp3) is 0.636. The molecule has 0 amide bonds. The van der Waals surface area contributed by atoms with Gasteiger partial charge in [0.05, 0.1) is 5.69 Å². The Morgan fingerprint density at radius 2 is 1.89 bits per heavy atom. The first-order chi connectivity index (χ1) is 8.41. The molecule has 1 aromatic heterocycles. The van der Waals surface area contributed by atoms with Gasteiger partial charge in [0.1, 0.15) is 5.56 Å². The molecule has 0 radical (unpaired) electrons. The smallest absolute Gasteiger partial charge is 0.436 e. The summed E-state index contributed by atoms with van der Waals surface area (Å²) < 4.78 is 39.5. The Morgan fingerprint density at radius 1 is 1.22 bits per heavy atom. The molecule has 2 rings (SSSR count).